The smallest absolute Gasteiger partial charge is 0.251 e. The molecule has 0 heterocycles. The third-order valence-electron chi connectivity index (χ3n) is 2.79. The number of hydrogen-bond acceptors (Lipinski definition) is 2. The Morgan fingerprint density at radius 2 is 1.88 bits per heavy atom. The predicted octanol–water partition coefficient (Wildman–Crippen LogP) is 2.06. The minimum atomic E-state index is -0.163. The van der Waals surface area contributed by atoms with Gasteiger partial charge in [-0.15, -0.1) is 0 Å². The topological polar surface area (TPSA) is 55.1 Å². The van der Waals surface area contributed by atoms with Crippen molar-refractivity contribution >= 4 is 5.91 Å². The highest BCUT2D eigenvalue weighted by Gasteiger charge is 2.18. The Labute approximate surface area is 97.0 Å². The number of carbonyl (C=O) groups is 1. The maximum atomic E-state index is 11.9. The van der Waals surface area contributed by atoms with Crippen molar-refractivity contribution in [3.63, 3.8) is 0 Å². The lowest BCUT2D eigenvalue weighted by atomic mass is 10.0. The van der Waals surface area contributed by atoms with E-state index in [-0.39, 0.29) is 11.4 Å². The van der Waals surface area contributed by atoms with Gasteiger partial charge in [-0.25, -0.2) is 0 Å². The minimum absolute atomic E-state index is 0.0320. The first-order chi connectivity index (χ1) is 7.48. The van der Waals surface area contributed by atoms with Crippen molar-refractivity contribution in [2.24, 2.45) is 5.73 Å². The summed E-state index contributed by atoms with van der Waals surface area (Å²) in [5, 5.41) is 2.99. The largest absolute Gasteiger partial charge is 0.347 e. The Bertz CT molecular complexity index is 355. The Hall–Kier alpha value is -1.35. The molecule has 0 atom stereocenters. The summed E-state index contributed by atoms with van der Waals surface area (Å²) in [4.78, 5) is 11.9. The summed E-state index contributed by atoms with van der Waals surface area (Å²) >= 11 is 0. The maximum absolute atomic E-state index is 11.9. The van der Waals surface area contributed by atoms with Crippen molar-refractivity contribution in [2.75, 3.05) is 0 Å². The molecule has 0 unspecified atom stereocenters. The van der Waals surface area contributed by atoms with Gasteiger partial charge in [-0.05, 0) is 38.0 Å². The monoisotopic (exact) mass is 220 g/mol. The van der Waals surface area contributed by atoms with Gasteiger partial charge in [0, 0.05) is 17.6 Å². The first kappa shape index (κ1) is 12.7. The summed E-state index contributed by atoms with van der Waals surface area (Å²) in [7, 11) is 0. The molecule has 1 amide bonds. The van der Waals surface area contributed by atoms with Crippen LogP contribution in [0.25, 0.3) is 0 Å². The van der Waals surface area contributed by atoms with Gasteiger partial charge in [0.05, 0.1) is 0 Å². The van der Waals surface area contributed by atoms with E-state index >= 15 is 0 Å². The molecule has 0 bridgehead atoms. The standard InChI is InChI=1S/C13H20N2O/c1-4-13(2,3)15-12(16)11-7-5-10(9-14)6-8-11/h5-8H,4,9,14H2,1-3H3,(H,15,16). The molecular weight excluding hydrogens is 200 g/mol. The van der Waals surface area contributed by atoms with E-state index in [0.717, 1.165) is 12.0 Å². The van der Waals surface area contributed by atoms with Crippen LogP contribution < -0.4 is 11.1 Å². The SMILES string of the molecule is CCC(C)(C)NC(=O)c1ccc(CN)cc1. The second-order valence-electron chi connectivity index (χ2n) is 4.59. The summed E-state index contributed by atoms with van der Waals surface area (Å²) in [5.74, 6) is -0.0320. The molecule has 88 valence electrons. The van der Waals surface area contributed by atoms with E-state index < -0.39 is 0 Å². The van der Waals surface area contributed by atoms with E-state index in [2.05, 4.69) is 12.2 Å². The van der Waals surface area contributed by atoms with E-state index in [1.165, 1.54) is 0 Å². The van der Waals surface area contributed by atoms with Crippen LogP contribution in [0.4, 0.5) is 0 Å². The number of rotatable bonds is 4. The van der Waals surface area contributed by atoms with Crippen LogP contribution >= 0.6 is 0 Å². The number of amides is 1. The summed E-state index contributed by atoms with van der Waals surface area (Å²) in [6.07, 6.45) is 0.902. The number of nitrogens with two attached hydrogens (primary N) is 1. The van der Waals surface area contributed by atoms with Crippen molar-refractivity contribution in [3.8, 4) is 0 Å². The van der Waals surface area contributed by atoms with Gasteiger partial charge in [0.2, 0.25) is 0 Å². The zero-order chi connectivity index (χ0) is 12.2. The third-order valence-corrected chi connectivity index (χ3v) is 2.79. The molecule has 0 aliphatic carbocycles. The normalized spacial score (nSPS) is 11.2. The highest BCUT2D eigenvalue weighted by Crippen LogP contribution is 2.10. The average Bonchev–Trinajstić information content (AvgIpc) is 2.28. The third kappa shape index (κ3) is 3.35. The van der Waals surface area contributed by atoms with Crippen molar-refractivity contribution in [3.05, 3.63) is 35.4 Å². The fourth-order valence-corrected chi connectivity index (χ4v) is 1.26. The molecule has 0 fully saturated rings. The Morgan fingerprint density at radius 3 is 2.31 bits per heavy atom. The fourth-order valence-electron chi connectivity index (χ4n) is 1.26. The molecule has 0 saturated heterocycles. The van der Waals surface area contributed by atoms with Gasteiger partial charge in [0.25, 0.3) is 5.91 Å². The number of hydrogen-bond donors (Lipinski definition) is 2. The lowest BCUT2D eigenvalue weighted by Gasteiger charge is -2.24. The number of carbonyl (C=O) groups excluding carboxylic acids is 1. The summed E-state index contributed by atoms with van der Waals surface area (Å²) in [6, 6.07) is 7.38. The molecule has 0 aliphatic heterocycles. The van der Waals surface area contributed by atoms with Gasteiger partial charge in [0.15, 0.2) is 0 Å². The molecule has 1 rings (SSSR count). The summed E-state index contributed by atoms with van der Waals surface area (Å²) < 4.78 is 0. The lowest BCUT2D eigenvalue weighted by Crippen LogP contribution is -2.42. The first-order valence-corrected chi connectivity index (χ1v) is 5.60. The van der Waals surface area contributed by atoms with Gasteiger partial charge in [0.1, 0.15) is 0 Å². The van der Waals surface area contributed by atoms with Crippen molar-refractivity contribution in [2.45, 2.75) is 39.3 Å². The Kier molecular flexibility index (Phi) is 4.07. The molecular formula is C13H20N2O. The minimum Gasteiger partial charge on any atom is -0.347 e. The number of nitrogens with one attached hydrogen (secondary N) is 1. The molecule has 1 aromatic carbocycles. The first-order valence-electron chi connectivity index (χ1n) is 5.60. The van der Waals surface area contributed by atoms with Crippen LogP contribution in [0.5, 0.6) is 0 Å². The number of benzene rings is 1. The molecule has 16 heavy (non-hydrogen) atoms. The highest BCUT2D eigenvalue weighted by atomic mass is 16.1. The van der Waals surface area contributed by atoms with E-state index in [0.29, 0.717) is 12.1 Å². The Morgan fingerprint density at radius 1 is 1.31 bits per heavy atom. The van der Waals surface area contributed by atoms with Gasteiger partial charge >= 0.3 is 0 Å². The molecule has 1 aromatic rings. The van der Waals surface area contributed by atoms with Crippen LogP contribution in [0.1, 0.15) is 43.1 Å². The molecule has 0 spiro atoms. The zero-order valence-corrected chi connectivity index (χ0v) is 10.2. The molecule has 0 aliphatic rings. The molecule has 0 saturated carbocycles. The van der Waals surface area contributed by atoms with Crippen molar-refractivity contribution < 1.29 is 4.79 Å². The van der Waals surface area contributed by atoms with Crippen LogP contribution in [-0.2, 0) is 6.54 Å². The zero-order valence-electron chi connectivity index (χ0n) is 10.2. The molecule has 0 aromatic heterocycles. The van der Waals surface area contributed by atoms with Crippen LogP contribution in [0.15, 0.2) is 24.3 Å². The molecule has 3 N–H and O–H groups in total. The van der Waals surface area contributed by atoms with Crippen molar-refractivity contribution in [1.82, 2.24) is 5.32 Å². The van der Waals surface area contributed by atoms with Crippen LogP contribution in [0, 0.1) is 0 Å². The van der Waals surface area contributed by atoms with Crippen LogP contribution in [-0.4, -0.2) is 11.4 Å². The fraction of sp³-hybridized carbons (Fsp3) is 0.462. The predicted molar refractivity (Wildman–Crippen MR) is 66.2 cm³/mol. The lowest BCUT2D eigenvalue weighted by molar-refractivity contribution is 0.0911. The highest BCUT2D eigenvalue weighted by molar-refractivity contribution is 5.94. The van der Waals surface area contributed by atoms with Gasteiger partial charge in [-0.1, -0.05) is 19.1 Å². The van der Waals surface area contributed by atoms with Gasteiger partial charge < -0.3 is 11.1 Å². The second kappa shape index (κ2) is 5.12. The van der Waals surface area contributed by atoms with Gasteiger partial charge in [-0.3, -0.25) is 4.79 Å². The second-order valence-corrected chi connectivity index (χ2v) is 4.59. The molecule has 3 nitrogen and oxygen atoms in total. The van der Waals surface area contributed by atoms with Crippen LogP contribution in [0.3, 0.4) is 0 Å². The van der Waals surface area contributed by atoms with E-state index in [4.69, 9.17) is 5.73 Å². The maximum Gasteiger partial charge on any atom is 0.251 e. The Balaban J connectivity index is 2.73. The van der Waals surface area contributed by atoms with Crippen LogP contribution in [0.2, 0.25) is 0 Å². The molecule has 3 heteroatoms. The van der Waals surface area contributed by atoms with E-state index in [1.807, 2.05) is 38.1 Å². The van der Waals surface area contributed by atoms with Gasteiger partial charge in [-0.2, -0.15) is 0 Å². The summed E-state index contributed by atoms with van der Waals surface area (Å²) in [6.45, 7) is 6.58. The molecule has 0 radical (unpaired) electrons. The summed E-state index contributed by atoms with van der Waals surface area (Å²) in [5.41, 5.74) is 7.05. The van der Waals surface area contributed by atoms with Crippen molar-refractivity contribution in [1.29, 1.82) is 0 Å². The van der Waals surface area contributed by atoms with E-state index in [9.17, 15) is 4.79 Å². The quantitative estimate of drug-likeness (QED) is 0.816. The van der Waals surface area contributed by atoms with E-state index in [1.54, 1.807) is 0 Å². The average molecular weight is 220 g/mol.